The van der Waals surface area contributed by atoms with Gasteiger partial charge in [0.1, 0.15) is 17.5 Å². The van der Waals surface area contributed by atoms with Crippen LogP contribution in [0.3, 0.4) is 0 Å². The average molecular weight is 325 g/mol. The lowest BCUT2D eigenvalue weighted by Crippen LogP contribution is -2.51. The van der Waals surface area contributed by atoms with E-state index in [9.17, 15) is 13.2 Å². The molecule has 1 heterocycles. The molecule has 3 aliphatic carbocycles. The van der Waals surface area contributed by atoms with Crippen LogP contribution in [0, 0.1) is 11.8 Å². The molecule has 0 radical (unpaired) electrons. The molecule has 0 aromatic carbocycles. The Morgan fingerprint density at radius 3 is 2.88 bits per heavy atom. The Balaban J connectivity index is 1.87. The number of carbonyl (C=O) groups excluding carboxylic acids is 1. The van der Waals surface area contributed by atoms with Gasteiger partial charge in [-0.2, -0.15) is 8.42 Å². The quantitative estimate of drug-likeness (QED) is 0.427. The van der Waals surface area contributed by atoms with Crippen molar-refractivity contribution in [1.82, 2.24) is 0 Å². The minimum absolute atomic E-state index is 0.0122. The smallest absolute Gasteiger partial charge is 0.316 e. The van der Waals surface area contributed by atoms with Crippen molar-refractivity contribution in [3.63, 3.8) is 0 Å². The SMILES string of the molecule is O=C(CBr)OC1C2CCC3C1OS(=O)(=O)C3C2. The van der Waals surface area contributed by atoms with E-state index in [1.807, 2.05) is 0 Å². The largest absolute Gasteiger partial charge is 0.459 e. The zero-order valence-electron chi connectivity index (χ0n) is 9.04. The van der Waals surface area contributed by atoms with E-state index in [4.69, 9.17) is 8.92 Å². The maximum absolute atomic E-state index is 11.8. The van der Waals surface area contributed by atoms with Crippen LogP contribution in [0.4, 0.5) is 0 Å². The van der Waals surface area contributed by atoms with Gasteiger partial charge in [-0.25, -0.2) is 0 Å². The van der Waals surface area contributed by atoms with Gasteiger partial charge < -0.3 is 4.74 Å². The van der Waals surface area contributed by atoms with E-state index in [1.54, 1.807) is 0 Å². The van der Waals surface area contributed by atoms with Gasteiger partial charge >= 0.3 is 5.97 Å². The van der Waals surface area contributed by atoms with Crippen molar-refractivity contribution >= 4 is 32.0 Å². The Morgan fingerprint density at radius 2 is 2.18 bits per heavy atom. The summed E-state index contributed by atoms with van der Waals surface area (Å²) in [7, 11) is -3.43. The van der Waals surface area contributed by atoms with Crippen molar-refractivity contribution in [3.05, 3.63) is 0 Å². The molecule has 5 atom stereocenters. The number of hydrogen-bond acceptors (Lipinski definition) is 5. The Labute approximate surface area is 108 Å². The van der Waals surface area contributed by atoms with E-state index in [2.05, 4.69) is 15.9 Å². The zero-order valence-corrected chi connectivity index (χ0v) is 11.4. The molecule has 0 spiro atoms. The van der Waals surface area contributed by atoms with Crippen LogP contribution in [-0.2, 0) is 23.8 Å². The molecule has 4 fully saturated rings. The molecule has 7 heteroatoms. The molecular weight excluding hydrogens is 312 g/mol. The number of ether oxygens (including phenoxy) is 1. The van der Waals surface area contributed by atoms with Crippen molar-refractivity contribution in [1.29, 1.82) is 0 Å². The highest BCUT2D eigenvalue weighted by Gasteiger charge is 2.61. The minimum atomic E-state index is -3.43. The van der Waals surface area contributed by atoms with E-state index in [-0.39, 0.29) is 34.5 Å². The third kappa shape index (κ3) is 1.74. The fraction of sp³-hybridized carbons (Fsp3) is 0.900. The number of halogens is 1. The predicted octanol–water partition coefficient (Wildman–Crippen LogP) is 0.820. The van der Waals surface area contributed by atoms with Crippen molar-refractivity contribution in [3.8, 4) is 0 Å². The molecule has 0 aromatic rings. The maximum Gasteiger partial charge on any atom is 0.316 e. The Morgan fingerprint density at radius 1 is 1.41 bits per heavy atom. The van der Waals surface area contributed by atoms with E-state index in [0.29, 0.717) is 6.42 Å². The van der Waals surface area contributed by atoms with Gasteiger partial charge in [-0.1, -0.05) is 15.9 Å². The van der Waals surface area contributed by atoms with Crippen LogP contribution in [0.1, 0.15) is 19.3 Å². The zero-order chi connectivity index (χ0) is 12.2. The molecule has 4 bridgehead atoms. The van der Waals surface area contributed by atoms with Crippen molar-refractivity contribution in [2.45, 2.75) is 36.7 Å². The molecule has 5 nitrogen and oxygen atoms in total. The summed E-state index contributed by atoms with van der Waals surface area (Å²) in [5.74, 6) is -0.208. The third-order valence-electron chi connectivity index (χ3n) is 4.09. The maximum atomic E-state index is 11.8. The lowest BCUT2D eigenvalue weighted by molar-refractivity contribution is -0.163. The van der Waals surface area contributed by atoms with Gasteiger partial charge in [0.25, 0.3) is 10.1 Å². The summed E-state index contributed by atoms with van der Waals surface area (Å²) < 4.78 is 34.0. The topological polar surface area (TPSA) is 69.7 Å². The van der Waals surface area contributed by atoms with Crippen LogP contribution in [0.2, 0.25) is 0 Å². The molecule has 0 aromatic heterocycles. The van der Waals surface area contributed by atoms with Crippen LogP contribution in [0.15, 0.2) is 0 Å². The van der Waals surface area contributed by atoms with Crippen LogP contribution < -0.4 is 0 Å². The van der Waals surface area contributed by atoms with Crippen molar-refractivity contribution in [2.75, 3.05) is 5.33 Å². The lowest BCUT2D eigenvalue weighted by Gasteiger charge is -2.43. The fourth-order valence-corrected chi connectivity index (χ4v) is 5.44. The van der Waals surface area contributed by atoms with Gasteiger partial charge in [0.2, 0.25) is 0 Å². The van der Waals surface area contributed by atoms with Gasteiger partial charge in [-0.05, 0) is 25.2 Å². The lowest BCUT2D eigenvalue weighted by atomic mass is 9.67. The second-order valence-corrected chi connectivity index (χ2v) is 7.26. The summed E-state index contributed by atoms with van der Waals surface area (Å²) in [5.41, 5.74) is 0. The summed E-state index contributed by atoms with van der Waals surface area (Å²) in [6, 6.07) is 0. The third-order valence-corrected chi connectivity index (χ3v) is 6.32. The first-order valence-corrected chi connectivity index (χ1v) is 8.30. The Bertz CT molecular complexity index is 448. The van der Waals surface area contributed by atoms with Gasteiger partial charge in [0, 0.05) is 5.92 Å². The molecule has 0 N–H and O–H groups in total. The molecule has 1 aliphatic heterocycles. The number of fused-ring (bicyclic) bond motifs is 1. The molecule has 96 valence electrons. The van der Waals surface area contributed by atoms with Crippen LogP contribution >= 0.6 is 15.9 Å². The molecule has 5 unspecified atom stereocenters. The molecular formula is C10H13BrO5S. The van der Waals surface area contributed by atoms with Crippen LogP contribution in [0.25, 0.3) is 0 Å². The monoisotopic (exact) mass is 324 g/mol. The normalized spacial score (nSPS) is 45.8. The van der Waals surface area contributed by atoms with Gasteiger partial charge in [0.05, 0.1) is 5.25 Å². The first kappa shape index (κ1) is 11.9. The molecule has 17 heavy (non-hydrogen) atoms. The first-order valence-electron chi connectivity index (χ1n) is 5.70. The van der Waals surface area contributed by atoms with E-state index in [0.717, 1.165) is 12.8 Å². The molecule has 4 rings (SSSR count). The van der Waals surface area contributed by atoms with E-state index in [1.165, 1.54) is 0 Å². The van der Waals surface area contributed by atoms with E-state index < -0.39 is 16.2 Å². The second-order valence-electron chi connectivity index (χ2n) is 4.92. The summed E-state index contributed by atoms with van der Waals surface area (Å²) in [6.07, 6.45) is 1.54. The number of alkyl halides is 1. The number of carbonyl (C=O) groups is 1. The van der Waals surface area contributed by atoms with Crippen LogP contribution in [0.5, 0.6) is 0 Å². The summed E-state index contributed by atoms with van der Waals surface area (Å²) >= 11 is 3.04. The highest BCUT2D eigenvalue weighted by molar-refractivity contribution is 9.09. The summed E-state index contributed by atoms with van der Waals surface area (Å²) in [6.45, 7) is 0. The Kier molecular flexibility index (Phi) is 2.75. The van der Waals surface area contributed by atoms with Gasteiger partial charge in [-0.15, -0.1) is 0 Å². The molecule has 3 saturated carbocycles. The molecule has 4 aliphatic rings. The average Bonchev–Trinajstić information content (AvgIpc) is 2.53. The summed E-state index contributed by atoms with van der Waals surface area (Å²) in [5, 5.41) is -0.241. The number of rotatable bonds is 2. The summed E-state index contributed by atoms with van der Waals surface area (Å²) in [4.78, 5) is 11.3. The number of hydrogen-bond donors (Lipinski definition) is 0. The molecule has 0 amide bonds. The Hall–Kier alpha value is -0.140. The standard InChI is InChI=1S/C10H13BrO5S/c11-4-8(12)15-9-5-1-2-6-7(3-5)17(13,14)16-10(6)9/h5-7,9-10H,1-4H2. The predicted molar refractivity (Wildman–Crippen MR) is 62.1 cm³/mol. The van der Waals surface area contributed by atoms with Crippen LogP contribution in [-0.4, -0.2) is 37.2 Å². The van der Waals surface area contributed by atoms with Crippen molar-refractivity contribution in [2.24, 2.45) is 11.8 Å². The minimum Gasteiger partial charge on any atom is -0.459 e. The van der Waals surface area contributed by atoms with E-state index >= 15 is 0 Å². The highest BCUT2D eigenvalue weighted by atomic mass is 79.9. The number of esters is 1. The first-order chi connectivity index (χ1) is 8.03. The second kappa shape index (κ2) is 3.93. The highest BCUT2D eigenvalue weighted by Crippen LogP contribution is 2.52. The van der Waals surface area contributed by atoms with Crippen molar-refractivity contribution < 1.29 is 22.1 Å². The van der Waals surface area contributed by atoms with Gasteiger partial charge in [-0.3, -0.25) is 8.98 Å². The fourth-order valence-electron chi connectivity index (χ4n) is 3.40. The molecule has 1 saturated heterocycles. The van der Waals surface area contributed by atoms with Gasteiger partial charge in [0.15, 0.2) is 0 Å².